The molecule has 0 amide bonds. The molecule has 0 aliphatic heterocycles. The van der Waals surface area contributed by atoms with Crippen molar-refractivity contribution in [2.45, 2.75) is 13.5 Å². The predicted octanol–water partition coefficient (Wildman–Crippen LogP) is 3.54. The van der Waals surface area contributed by atoms with Crippen molar-refractivity contribution in [1.29, 1.82) is 0 Å². The Morgan fingerprint density at radius 2 is 2.08 bits per heavy atom. The number of nitrogens with zero attached hydrogens (tertiary/aromatic N) is 2. The van der Waals surface area contributed by atoms with E-state index in [4.69, 9.17) is 26.5 Å². The maximum atomic E-state index is 11.9. The lowest BCUT2D eigenvalue weighted by Gasteiger charge is -2.05. The highest BCUT2D eigenvalue weighted by Crippen LogP contribution is 2.22. The third-order valence-electron chi connectivity index (χ3n) is 3.53. The van der Waals surface area contributed by atoms with Crippen molar-refractivity contribution >= 4 is 23.4 Å². The molecule has 3 aromatic rings. The maximum Gasteiger partial charge on any atom is 0.374 e. The standard InChI is InChI=1S/C17H16ClN3O3/c1-11-6-8-23-16(11)17(22)24-9-7-21-15(19)10-14(20-21)12-2-4-13(18)5-3-12/h2-6,8,10H,7,9,19H2,1H3. The fourth-order valence-electron chi connectivity index (χ4n) is 2.24. The van der Waals surface area contributed by atoms with E-state index in [1.807, 2.05) is 12.1 Å². The van der Waals surface area contributed by atoms with Crippen LogP contribution in [0.1, 0.15) is 16.1 Å². The summed E-state index contributed by atoms with van der Waals surface area (Å²) in [4.78, 5) is 11.9. The minimum Gasteiger partial charge on any atom is -0.458 e. The summed E-state index contributed by atoms with van der Waals surface area (Å²) in [5, 5.41) is 5.08. The molecule has 2 heterocycles. The van der Waals surface area contributed by atoms with Gasteiger partial charge in [-0.2, -0.15) is 5.10 Å². The minimum absolute atomic E-state index is 0.144. The molecule has 0 aliphatic rings. The van der Waals surface area contributed by atoms with E-state index < -0.39 is 5.97 Å². The van der Waals surface area contributed by atoms with Crippen LogP contribution in [0.4, 0.5) is 5.82 Å². The van der Waals surface area contributed by atoms with Crippen LogP contribution in [-0.2, 0) is 11.3 Å². The summed E-state index contributed by atoms with van der Waals surface area (Å²) in [5.74, 6) is 0.205. The topological polar surface area (TPSA) is 83.3 Å². The Hall–Kier alpha value is -2.73. The molecule has 0 unspecified atom stereocenters. The van der Waals surface area contributed by atoms with Crippen LogP contribution in [0, 0.1) is 6.92 Å². The van der Waals surface area contributed by atoms with E-state index in [9.17, 15) is 4.79 Å². The summed E-state index contributed by atoms with van der Waals surface area (Å²) in [5.41, 5.74) is 8.34. The fraction of sp³-hybridized carbons (Fsp3) is 0.176. The molecule has 0 spiro atoms. The molecule has 0 aliphatic carbocycles. The Labute approximate surface area is 143 Å². The molecule has 0 atom stereocenters. The lowest BCUT2D eigenvalue weighted by atomic mass is 10.1. The van der Waals surface area contributed by atoms with Crippen molar-refractivity contribution in [1.82, 2.24) is 9.78 Å². The average Bonchev–Trinajstić information content (AvgIpc) is 3.14. The molecule has 1 aromatic carbocycles. The molecule has 7 heteroatoms. The SMILES string of the molecule is Cc1ccoc1C(=O)OCCn1nc(-c2ccc(Cl)cc2)cc1N. The first kappa shape index (κ1) is 16.1. The zero-order valence-corrected chi connectivity index (χ0v) is 13.8. The Balaban J connectivity index is 1.63. The van der Waals surface area contributed by atoms with E-state index in [0.717, 1.165) is 16.8 Å². The number of carbonyl (C=O) groups is 1. The van der Waals surface area contributed by atoms with Gasteiger partial charge in [0.1, 0.15) is 12.4 Å². The van der Waals surface area contributed by atoms with Gasteiger partial charge < -0.3 is 14.9 Å². The van der Waals surface area contributed by atoms with Crippen LogP contribution in [0.5, 0.6) is 0 Å². The summed E-state index contributed by atoms with van der Waals surface area (Å²) in [7, 11) is 0. The number of benzene rings is 1. The fourth-order valence-corrected chi connectivity index (χ4v) is 2.37. The lowest BCUT2D eigenvalue weighted by molar-refractivity contribution is 0.0451. The molecular weight excluding hydrogens is 330 g/mol. The number of hydrogen-bond donors (Lipinski definition) is 1. The number of halogens is 1. The van der Waals surface area contributed by atoms with Crippen LogP contribution < -0.4 is 5.73 Å². The molecule has 0 radical (unpaired) electrons. The van der Waals surface area contributed by atoms with Gasteiger partial charge in [-0.3, -0.25) is 0 Å². The van der Waals surface area contributed by atoms with Gasteiger partial charge in [0.05, 0.1) is 18.5 Å². The maximum absolute atomic E-state index is 11.9. The largest absolute Gasteiger partial charge is 0.458 e. The predicted molar refractivity (Wildman–Crippen MR) is 90.8 cm³/mol. The van der Waals surface area contributed by atoms with Crippen molar-refractivity contribution in [3.8, 4) is 11.3 Å². The normalized spacial score (nSPS) is 10.8. The Bertz CT molecular complexity index is 852. The number of carbonyl (C=O) groups excluding carboxylic acids is 1. The van der Waals surface area contributed by atoms with Crippen LogP contribution in [0.15, 0.2) is 47.1 Å². The quantitative estimate of drug-likeness (QED) is 0.715. The highest BCUT2D eigenvalue weighted by atomic mass is 35.5. The summed E-state index contributed by atoms with van der Waals surface area (Å²) >= 11 is 5.88. The smallest absolute Gasteiger partial charge is 0.374 e. The third-order valence-corrected chi connectivity index (χ3v) is 3.79. The average molecular weight is 346 g/mol. The van der Waals surface area contributed by atoms with E-state index in [0.29, 0.717) is 17.4 Å². The van der Waals surface area contributed by atoms with Gasteiger partial charge in [-0.1, -0.05) is 23.7 Å². The number of esters is 1. The number of ether oxygens (including phenoxy) is 1. The van der Waals surface area contributed by atoms with Crippen molar-refractivity contribution in [2.24, 2.45) is 0 Å². The van der Waals surface area contributed by atoms with Crippen LogP contribution in [-0.4, -0.2) is 22.4 Å². The summed E-state index contributed by atoms with van der Waals surface area (Å²) in [6, 6.07) is 10.8. The van der Waals surface area contributed by atoms with Crippen molar-refractivity contribution in [2.75, 3.05) is 12.3 Å². The molecule has 3 rings (SSSR count). The van der Waals surface area contributed by atoms with Gasteiger partial charge >= 0.3 is 5.97 Å². The molecule has 0 saturated carbocycles. The molecule has 0 saturated heterocycles. The van der Waals surface area contributed by atoms with Gasteiger partial charge in [0, 0.05) is 22.2 Å². The van der Waals surface area contributed by atoms with Crippen LogP contribution in [0.2, 0.25) is 5.02 Å². The summed E-state index contributed by atoms with van der Waals surface area (Å²) in [6.45, 7) is 2.28. The summed E-state index contributed by atoms with van der Waals surface area (Å²) < 4.78 is 11.9. The number of hydrogen-bond acceptors (Lipinski definition) is 5. The molecule has 124 valence electrons. The van der Waals surface area contributed by atoms with E-state index in [1.54, 1.807) is 35.9 Å². The highest BCUT2D eigenvalue weighted by Gasteiger charge is 2.14. The Morgan fingerprint density at radius 3 is 2.75 bits per heavy atom. The van der Waals surface area contributed by atoms with Gasteiger partial charge in [-0.15, -0.1) is 0 Å². The van der Waals surface area contributed by atoms with E-state index >= 15 is 0 Å². The second-order valence-corrected chi connectivity index (χ2v) is 5.69. The van der Waals surface area contributed by atoms with Crippen molar-refractivity contribution < 1.29 is 13.9 Å². The molecule has 2 N–H and O–H groups in total. The first-order valence-corrected chi connectivity index (χ1v) is 7.73. The van der Waals surface area contributed by atoms with Gasteiger partial charge in [0.2, 0.25) is 5.76 Å². The number of nitrogen functional groups attached to an aromatic ring is 1. The van der Waals surface area contributed by atoms with Gasteiger partial charge in [0.25, 0.3) is 0 Å². The summed E-state index contributed by atoms with van der Waals surface area (Å²) in [6.07, 6.45) is 1.45. The third kappa shape index (κ3) is 3.44. The molecule has 6 nitrogen and oxygen atoms in total. The number of nitrogens with two attached hydrogens (primary N) is 1. The van der Waals surface area contributed by atoms with E-state index in [2.05, 4.69) is 5.10 Å². The number of aryl methyl sites for hydroxylation is 1. The number of aromatic nitrogens is 2. The Kier molecular flexibility index (Phi) is 4.57. The first-order valence-electron chi connectivity index (χ1n) is 7.35. The number of anilines is 1. The minimum atomic E-state index is -0.499. The zero-order valence-electron chi connectivity index (χ0n) is 13.0. The monoisotopic (exact) mass is 345 g/mol. The number of furan rings is 1. The van der Waals surface area contributed by atoms with Gasteiger partial charge in [-0.25, -0.2) is 9.48 Å². The second kappa shape index (κ2) is 6.80. The molecule has 0 fully saturated rings. The van der Waals surface area contributed by atoms with Crippen molar-refractivity contribution in [3.63, 3.8) is 0 Å². The molecular formula is C17H16ClN3O3. The van der Waals surface area contributed by atoms with Crippen molar-refractivity contribution in [3.05, 3.63) is 59.0 Å². The van der Waals surface area contributed by atoms with Gasteiger partial charge in [-0.05, 0) is 25.1 Å². The lowest BCUT2D eigenvalue weighted by Crippen LogP contribution is -2.14. The van der Waals surface area contributed by atoms with E-state index in [1.165, 1.54) is 6.26 Å². The first-order chi connectivity index (χ1) is 11.5. The number of rotatable bonds is 5. The highest BCUT2D eigenvalue weighted by molar-refractivity contribution is 6.30. The Morgan fingerprint density at radius 1 is 1.33 bits per heavy atom. The van der Waals surface area contributed by atoms with Crippen LogP contribution in [0.3, 0.4) is 0 Å². The molecule has 2 aromatic heterocycles. The van der Waals surface area contributed by atoms with Crippen LogP contribution >= 0.6 is 11.6 Å². The molecule has 0 bridgehead atoms. The second-order valence-electron chi connectivity index (χ2n) is 5.25. The zero-order chi connectivity index (χ0) is 17.1. The molecule has 24 heavy (non-hydrogen) atoms. The van der Waals surface area contributed by atoms with Gasteiger partial charge in [0.15, 0.2) is 0 Å². The van der Waals surface area contributed by atoms with E-state index in [-0.39, 0.29) is 12.4 Å². The van der Waals surface area contributed by atoms with Crippen LogP contribution in [0.25, 0.3) is 11.3 Å².